The van der Waals surface area contributed by atoms with Crippen LogP contribution in [0.5, 0.6) is 0 Å². The second kappa shape index (κ2) is 5.13. The summed E-state index contributed by atoms with van der Waals surface area (Å²) in [6.07, 6.45) is 5.92. The monoisotopic (exact) mass is 268 g/mol. The van der Waals surface area contributed by atoms with E-state index in [0.717, 1.165) is 10.0 Å². The van der Waals surface area contributed by atoms with Gasteiger partial charge in [0.15, 0.2) is 0 Å². The number of benzene rings is 1. The zero-order valence-corrected chi connectivity index (χ0v) is 10.4. The Balaban J connectivity index is 2.12. The minimum atomic E-state index is -0.291. The van der Waals surface area contributed by atoms with Gasteiger partial charge in [-0.2, -0.15) is 0 Å². The lowest BCUT2D eigenvalue weighted by Gasteiger charge is -2.27. The highest BCUT2D eigenvalue weighted by Gasteiger charge is 2.23. The Hall–Kier alpha value is -0.340. The highest BCUT2D eigenvalue weighted by Crippen LogP contribution is 2.36. The third-order valence-electron chi connectivity index (χ3n) is 3.32. The molecule has 0 heterocycles. The van der Waals surface area contributed by atoms with Gasteiger partial charge in [-0.25, -0.2) is 0 Å². The average molecular weight is 269 g/mol. The van der Waals surface area contributed by atoms with Crippen LogP contribution in [0, 0.1) is 5.92 Å². The molecule has 1 fully saturated rings. The normalized spacial score (nSPS) is 20.1. The first-order valence-corrected chi connectivity index (χ1v) is 6.51. The Morgan fingerprint density at radius 3 is 2.47 bits per heavy atom. The van der Waals surface area contributed by atoms with Crippen molar-refractivity contribution in [2.24, 2.45) is 5.92 Å². The summed E-state index contributed by atoms with van der Waals surface area (Å²) in [6, 6.07) is 8.00. The van der Waals surface area contributed by atoms with Crippen molar-refractivity contribution in [1.82, 2.24) is 0 Å². The molecule has 0 amide bonds. The molecule has 0 bridgehead atoms. The van der Waals surface area contributed by atoms with E-state index in [0.29, 0.717) is 5.92 Å². The quantitative estimate of drug-likeness (QED) is 0.858. The molecule has 1 aliphatic rings. The molecule has 1 aliphatic carbocycles. The number of hydrogen-bond acceptors (Lipinski definition) is 1. The summed E-state index contributed by atoms with van der Waals surface area (Å²) < 4.78 is 1.03. The molecule has 0 aliphatic heterocycles. The van der Waals surface area contributed by atoms with E-state index in [-0.39, 0.29) is 6.10 Å². The fourth-order valence-electron chi connectivity index (χ4n) is 2.42. The van der Waals surface area contributed by atoms with Crippen molar-refractivity contribution in [3.8, 4) is 0 Å². The van der Waals surface area contributed by atoms with Crippen LogP contribution in [0.1, 0.15) is 43.8 Å². The number of aliphatic hydroxyl groups is 1. The van der Waals surface area contributed by atoms with E-state index in [1.807, 2.05) is 24.3 Å². The molecular formula is C13H17BrO. The topological polar surface area (TPSA) is 20.2 Å². The minimum Gasteiger partial charge on any atom is -0.388 e. The fraction of sp³-hybridized carbons (Fsp3) is 0.538. The molecule has 0 radical (unpaired) electrons. The van der Waals surface area contributed by atoms with Crippen molar-refractivity contribution in [3.05, 3.63) is 34.3 Å². The van der Waals surface area contributed by atoms with Gasteiger partial charge < -0.3 is 5.11 Å². The predicted molar refractivity (Wildman–Crippen MR) is 65.7 cm³/mol. The number of halogens is 1. The molecule has 82 valence electrons. The van der Waals surface area contributed by atoms with Gasteiger partial charge in [0.05, 0.1) is 6.10 Å². The van der Waals surface area contributed by atoms with Crippen molar-refractivity contribution in [2.75, 3.05) is 0 Å². The molecule has 2 rings (SSSR count). The lowest BCUT2D eigenvalue weighted by Crippen LogP contribution is -2.16. The maximum absolute atomic E-state index is 10.3. The van der Waals surface area contributed by atoms with Crippen LogP contribution in [-0.2, 0) is 0 Å². The van der Waals surface area contributed by atoms with Gasteiger partial charge >= 0.3 is 0 Å². The Labute approximate surface area is 99.6 Å². The van der Waals surface area contributed by atoms with Crippen LogP contribution in [0.4, 0.5) is 0 Å². The van der Waals surface area contributed by atoms with Crippen LogP contribution in [0.2, 0.25) is 0 Å². The predicted octanol–water partition coefficient (Wildman–Crippen LogP) is 4.06. The highest BCUT2D eigenvalue weighted by molar-refractivity contribution is 9.10. The summed E-state index contributed by atoms with van der Waals surface area (Å²) in [7, 11) is 0. The molecule has 1 atom stereocenters. The Kier molecular flexibility index (Phi) is 3.81. The van der Waals surface area contributed by atoms with Crippen LogP contribution in [-0.4, -0.2) is 5.11 Å². The molecular weight excluding hydrogens is 252 g/mol. The van der Waals surface area contributed by atoms with Crippen LogP contribution in [0.25, 0.3) is 0 Å². The lowest BCUT2D eigenvalue weighted by atomic mass is 9.83. The number of hydrogen-bond donors (Lipinski definition) is 1. The van der Waals surface area contributed by atoms with Gasteiger partial charge in [-0.15, -0.1) is 0 Å². The van der Waals surface area contributed by atoms with Crippen LogP contribution in [0.15, 0.2) is 28.7 Å². The molecule has 1 aromatic carbocycles. The first-order valence-electron chi connectivity index (χ1n) is 5.71. The van der Waals surface area contributed by atoms with Gasteiger partial charge in [0, 0.05) is 4.47 Å². The van der Waals surface area contributed by atoms with Gasteiger partial charge in [0.2, 0.25) is 0 Å². The molecule has 0 unspecified atom stereocenters. The molecule has 1 aromatic rings. The first-order chi connectivity index (χ1) is 7.29. The summed E-state index contributed by atoms with van der Waals surface area (Å²) in [5.41, 5.74) is 1.05. The largest absolute Gasteiger partial charge is 0.388 e. The van der Waals surface area contributed by atoms with Crippen molar-refractivity contribution in [1.29, 1.82) is 0 Å². The second-order valence-electron chi connectivity index (χ2n) is 4.36. The molecule has 1 nitrogen and oxygen atoms in total. The molecule has 15 heavy (non-hydrogen) atoms. The summed E-state index contributed by atoms with van der Waals surface area (Å²) in [5, 5.41) is 10.3. The van der Waals surface area contributed by atoms with Crippen molar-refractivity contribution < 1.29 is 5.11 Å². The van der Waals surface area contributed by atoms with E-state index in [9.17, 15) is 5.11 Å². The minimum absolute atomic E-state index is 0.291. The maximum atomic E-state index is 10.3. The van der Waals surface area contributed by atoms with Gasteiger partial charge in [-0.3, -0.25) is 0 Å². The van der Waals surface area contributed by atoms with E-state index in [1.54, 1.807) is 0 Å². The zero-order valence-electron chi connectivity index (χ0n) is 8.82. The summed E-state index contributed by atoms with van der Waals surface area (Å²) in [5.74, 6) is 0.456. The highest BCUT2D eigenvalue weighted by atomic mass is 79.9. The van der Waals surface area contributed by atoms with Crippen LogP contribution < -0.4 is 0 Å². The van der Waals surface area contributed by atoms with Crippen LogP contribution in [0.3, 0.4) is 0 Å². The standard InChI is InChI=1S/C13H17BrO/c14-12-9-5-4-8-11(12)13(15)10-6-2-1-3-7-10/h4-5,8-10,13,15H,1-3,6-7H2/t13-/m1/s1. The Morgan fingerprint density at radius 1 is 1.13 bits per heavy atom. The van der Waals surface area contributed by atoms with Crippen molar-refractivity contribution >= 4 is 15.9 Å². The fourth-order valence-corrected chi connectivity index (χ4v) is 2.94. The SMILES string of the molecule is O[C@@H](c1ccccc1Br)C1CCCCC1. The number of aliphatic hydroxyl groups excluding tert-OH is 1. The second-order valence-corrected chi connectivity index (χ2v) is 5.22. The summed E-state index contributed by atoms with van der Waals surface area (Å²) in [6.45, 7) is 0. The van der Waals surface area contributed by atoms with Gasteiger partial charge in [0.1, 0.15) is 0 Å². The number of rotatable bonds is 2. The van der Waals surface area contributed by atoms with E-state index in [4.69, 9.17) is 0 Å². The third-order valence-corrected chi connectivity index (χ3v) is 4.04. The molecule has 1 N–H and O–H groups in total. The molecule has 0 spiro atoms. The smallest absolute Gasteiger partial charge is 0.0829 e. The molecule has 2 heteroatoms. The molecule has 1 saturated carbocycles. The van der Waals surface area contributed by atoms with E-state index in [2.05, 4.69) is 15.9 Å². The Morgan fingerprint density at radius 2 is 1.80 bits per heavy atom. The van der Waals surface area contributed by atoms with Gasteiger partial charge in [-0.1, -0.05) is 53.4 Å². The third kappa shape index (κ3) is 2.61. The summed E-state index contributed by atoms with van der Waals surface area (Å²) >= 11 is 3.50. The lowest BCUT2D eigenvalue weighted by molar-refractivity contribution is 0.0842. The maximum Gasteiger partial charge on any atom is 0.0829 e. The van der Waals surface area contributed by atoms with E-state index < -0.39 is 0 Å². The molecule has 0 saturated heterocycles. The molecule has 0 aromatic heterocycles. The van der Waals surface area contributed by atoms with Crippen molar-refractivity contribution in [2.45, 2.75) is 38.2 Å². The van der Waals surface area contributed by atoms with Crippen molar-refractivity contribution in [3.63, 3.8) is 0 Å². The van der Waals surface area contributed by atoms with E-state index >= 15 is 0 Å². The Bertz CT molecular complexity index is 318. The van der Waals surface area contributed by atoms with Gasteiger partial charge in [0.25, 0.3) is 0 Å². The first kappa shape index (κ1) is 11.2. The zero-order chi connectivity index (χ0) is 10.7. The van der Waals surface area contributed by atoms with E-state index in [1.165, 1.54) is 32.1 Å². The van der Waals surface area contributed by atoms with Gasteiger partial charge in [-0.05, 0) is 30.4 Å². The summed E-state index contributed by atoms with van der Waals surface area (Å²) in [4.78, 5) is 0. The van der Waals surface area contributed by atoms with Crippen LogP contribution >= 0.6 is 15.9 Å². The average Bonchev–Trinajstić information content (AvgIpc) is 2.30.